The zero-order chi connectivity index (χ0) is 7.40. The van der Waals surface area contributed by atoms with Gasteiger partial charge in [-0.25, -0.2) is 0 Å². The fourth-order valence-corrected chi connectivity index (χ4v) is 1.36. The minimum atomic E-state index is -0.138. The molecule has 0 aliphatic rings. The van der Waals surface area contributed by atoms with Crippen molar-refractivity contribution in [2.24, 2.45) is 5.73 Å². The fraction of sp³-hybridized carbons (Fsp3) is 0.500. The molecule has 0 bridgehead atoms. The Bertz CT molecular complexity index is 184. The van der Waals surface area contributed by atoms with Gasteiger partial charge in [0.1, 0.15) is 0 Å². The molecule has 72 valence electrons. The molecule has 1 heterocycles. The van der Waals surface area contributed by atoms with Crippen LogP contribution in [0.5, 0.6) is 0 Å². The van der Waals surface area contributed by atoms with E-state index in [4.69, 9.17) is 10.8 Å². The summed E-state index contributed by atoms with van der Waals surface area (Å²) in [6.07, 6.45) is 2.50. The molecule has 0 aliphatic carbocycles. The van der Waals surface area contributed by atoms with Crippen LogP contribution >= 0.6 is 36.2 Å². The average molecular weight is 231 g/mol. The fourth-order valence-electron chi connectivity index (χ4n) is 0.666. The van der Waals surface area contributed by atoms with Crippen molar-refractivity contribution in [3.63, 3.8) is 0 Å². The lowest BCUT2D eigenvalue weighted by Gasteiger charge is -2.03. The van der Waals surface area contributed by atoms with Crippen LogP contribution in [0.3, 0.4) is 0 Å². The van der Waals surface area contributed by atoms with Crippen molar-refractivity contribution in [1.29, 1.82) is 0 Å². The second-order valence-corrected chi connectivity index (χ2v) is 3.09. The lowest BCUT2D eigenvalue weighted by atomic mass is 10.2. The number of nitrogens with two attached hydrogens (primary N) is 1. The molecule has 0 fully saturated rings. The van der Waals surface area contributed by atoms with Crippen LogP contribution in [0.15, 0.2) is 11.7 Å². The van der Waals surface area contributed by atoms with Gasteiger partial charge < -0.3 is 10.8 Å². The van der Waals surface area contributed by atoms with Crippen molar-refractivity contribution in [1.82, 2.24) is 4.98 Å². The topological polar surface area (TPSA) is 59.1 Å². The molecule has 0 radical (unpaired) electrons. The van der Waals surface area contributed by atoms with Gasteiger partial charge >= 0.3 is 0 Å². The standard InChI is InChI=1S/C6H10N2OS.2ClH/c7-5(3-9)1-6-2-8-4-10-6;;/h2,4-5,9H,1,3,7H2;2*1H. The van der Waals surface area contributed by atoms with Crippen molar-refractivity contribution in [2.75, 3.05) is 6.61 Å². The molecule has 0 saturated carbocycles. The zero-order valence-electron chi connectivity index (χ0n) is 6.34. The highest BCUT2D eigenvalue weighted by atomic mass is 35.5. The van der Waals surface area contributed by atoms with Crippen molar-refractivity contribution in [2.45, 2.75) is 12.5 Å². The summed E-state index contributed by atoms with van der Waals surface area (Å²) in [6, 6.07) is -0.138. The van der Waals surface area contributed by atoms with E-state index in [1.165, 1.54) is 0 Å². The number of hydrogen-bond donors (Lipinski definition) is 2. The van der Waals surface area contributed by atoms with Crippen molar-refractivity contribution in [3.05, 3.63) is 16.6 Å². The van der Waals surface area contributed by atoms with E-state index in [9.17, 15) is 0 Å². The Hall–Kier alpha value is 0.130. The van der Waals surface area contributed by atoms with Gasteiger partial charge in [0, 0.05) is 23.5 Å². The molecule has 1 atom stereocenters. The lowest BCUT2D eigenvalue weighted by Crippen LogP contribution is -2.26. The largest absolute Gasteiger partial charge is 0.395 e. The molecule has 3 nitrogen and oxygen atoms in total. The Morgan fingerprint density at radius 1 is 1.58 bits per heavy atom. The third-order valence-electron chi connectivity index (χ3n) is 1.18. The highest BCUT2D eigenvalue weighted by Crippen LogP contribution is 2.06. The number of thiazole rings is 1. The van der Waals surface area contributed by atoms with Crippen LogP contribution in [0.25, 0.3) is 0 Å². The third kappa shape index (κ3) is 4.90. The summed E-state index contributed by atoms with van der Waals surface area (Å²) < 4.78 is 0. The molecular weight excluding hydrogens is 219 g/mol. The van der Waals surface area contributed by atoms with E-state index in [-0.39, 0.29) is 37.5 Å². The van der Waals surface area contributed by atoms with Gasteiger partial charge in [0.25, 0.3) is 0 Å². The highest BCUT2D eigenvalue weighted by Gasteiger charge is 2.02. The van der Waals surface area contributed by atoms with Crippen LogP contribution in [0, 0.1) is 0 Å². The van der Waals surface area contributed by atoms with Crippen LogP contribution in [-0.4, -0.2) is 22.7 Å². The first kappa shape index (κ1) is 14.6. The summed E-state index contributed by atoms with van der Waals surface area (Å²) in [5, 5.41) is 8.59. The molecule has 3 N–H and O–H groups in total. The van der Waals surface area contributed by atoms with E-state index >= 15 is 0 Å². The number of halogens is 2. The molecular formula is C6H12Cl2N2OS. The second-order valence-electron chi connectivity index (χ2n) is 2.11. The Balaban J connectivity index is 0. The van der Waals surface area contributed by atoms with E-state index in [0.717, 1.165) is 11.3 Å². The minimum absolute atomic E-state index is 0. The van der Waals surface area contributed by atoms with Gasteiger partial charge in [-0.2, -0.15) is 0 Å². The first-order valence-electron chi connectivity index (χ1n) is 3.06. The van der Waals surface area contributed by atoms with Crippen LogP contribution in [0.4, 0.5) is 0 Å². The smallest absolute Gasteiger partial charge is 0.0794 e. The maximum absolute atomic E-state index is 8.59. The van der Waals surface area contributed by atoms with Crippen molar-refractivity contribution in [3.8, 4) is 0 Å². The van der Waals surface area contributed by atoms with Gasteiger partial charge in [0.05, 0.1) is 12.1 Å². The monoisotopic (exact) mass is 230 g/mol. The molecule has 0 aliphatic heterocycles. The Labute approximate surface area is 87.8 Å². The highest BCUT2D eigenvalue weighted by molar-refractivity contribution is 7.09. The normalized spacial score (nSPS) is 11.2. The van der Waals surface area contributed by atoms with Crippen LogP contribution in [0.1, 0.15) is 4.88 Å². The summed E-state index contributed by atoms with van der Waals surface area (Å²) in [6.45, 7) is 0.0396. The van der Waals surface area contributed by atoms with Gasteiger partial charge in [-0.05, 0) is 0 Å². The predicted octanol–water partition coefficient (Wildman–Crippen LogP) is 0.849. The number of aliphatic hydroxyl groups is 1. The zero-order valence-corrected chi connectivity index (χ0v) is 8.79. The van der Waals surface area contributed by atoms with E-state index in [1.54, 1.807) is 23.0 Å². The number of nitrogens with zero attached hydrogens (tertiary/aromatic N) is 1. The summed E-state index contributed by atoms with van der Waals surface area (Å²) in [5.74, 6) is 0. The second kappa shape index (κ2) is 7.76. The van der Waals surface area contributed by atoms with Gasteiger partial charge in [0.2, 0.25) is 0 Å². The van der Waals surface area contributed by atoms with Crippen molar-refractivity contribution < 1.29 is 5.11 Å². The molecule has 0 amide bonds. The molecule has 1 rings (SSSR count). The van der Waals surface area contributed by atoms with E-state index in [0.29, 0.717) is 0 Å². The van der Waals surface area contributed by atoms with E-state index in [1.807, 2.05) is 0 Å². The van der Waals surface area contributed by atoms with Crippen LogP contribution in [-0.2, 0) is 6.42 Å². The quantitative estimate of drug-likeness (QED) is 0.810. The molecule has 1 unspecified atom stereocenters. The molecule has 12 heavy (non-hydrogen) atoms. The molecule has 0 aromatic carbocycles. The predicted molar refractivity (Wildman–Crippen MR) is 55.4 cm³/mol. The third-order valence-corrected chi connectivity index (χ3v) is 1.98. The maximum Gasteiger partial charge on any atom is 0.0794 e. The number of hydrogen-bond acceptors (Lipinski definition) is 4. The molecule has 0 spiro atoms. The van der Waals surface area contributed by atoms with Gasteiger partial charge in [-0.15, -0.1) is 36.2 Å². The lowest BCUT2D eigenvalue weighted by molar-refractivity contribution is 0.265. The SMILES string of the molecule is Cl.Cl.NC(CO)Cc1cncs1. The number of rotatable bonds is 3. The first-order chi connectivity index (χ1) is 4.83. The Kier molecular flexibility index (Phi) is 9.47. The first-order valence-corrected chi connectivity index (χ1v) is 3.94. The van der Waals surface area contributed by atoms with Crippen molar-refractivity contribution >= 4 is 36.2 Å². The average Bonchev–Trinajstić information content (AvgIpc) is 2.40. The van der Waals surface area contributed by atoms with Crippen LogP contribution < -0.4 is 5.73 Å². The number of aliphatic hydroxyl groups excluding tert-OH is 1. The van der Waals surface area contributed by atoms with Gasteiger partial charge in [0.15, 0.2) is 0 Å². The summed E-state index contributed by atoms with van der Waals surface area (Å²) in [5.41, 5.74) is 7.26. The number of aromatic nitrogens is 1. The summed E-state index contributed by atoms with van der Waals surface area (Å²) >= 11 is 1.56. The van der Waals surface area contributed by atoms with E-state index in [2.05, 4.69) is 4.98 Å². The Morgan fingerprint density at radius 2 is 2.25 bits per heavy atom. The molecule has 0 saturated heterocycles. The Morgan fingerprint density at radius 3 is 2.67 bits per heavy atom. The van der Waals surface area contributed by atoms with Gasteiger partial charge in [-0.1, -0.05) is 0 Å². The molecule has 1 aromatic heterocycles. The minimum Gasteiger partial charge on any atom is -0.395 e. The van der Waals surface area contributed by atoms with E-state index < -0.39 is 0 Å². The van der Waals surface area contributed by atoms with Crippen LogP contribution in [0.2, 0.25) is 0 Å². The van der Waals surface area contributed by atoms with Gasteiger partial charge in [-0.3, -0.25) is 4.98 Å². The summed E-state index contributed by atoms with van der Waals surface area (Å²) in [4.78, 5) is 5.02. The summed E-state index contributed by atoms with van der Waals surface area (Å²) in [7, 11) is 0. The molecule has 6 heteroatoms. The maximum atomic E-state index is 8.59. The molecule has 1 aromatic rings.